The number of imidazole rings is 1. The maximum Gasteiger partial charge on any atom is 0.184 e. The smallest absolute Gasteiger partial charge is 0.184 e. The number of hydrogen-bond acceptors (Lipinski definition) is 8. The summed E-state index contributed by atoms with van der Waals surface area (Å²) in [7, 11) is 0. The van der Waals surface area contributed by atoms with Gasteiger partial charge in [-0.3, -0.25) is 0 Å². The van der Waals surface area contributed by atoms with E-state index >= 15 is 0 Å². The molecule has 0 aromatic carbocycles. The Balaban J connectivity index is 0.000000141. The monoisotopic (exact) mass is 270 g/mol. The van der Waals surface area contributed by atoms with E-state index in [-0.39, 0.29) is 0 Å². The van der Waals surface area contributed by atoms with Gasteiger partial charge in [0.25, 0.3) is 0 Å². The summed E-state index contributed by atoms with van der Waals surface area (Å²) in [5, 5.41) is 35.0. The SMILES string of the molecule is OC[C@H]1OC(O)[C@H](O)[C@@H]1O.c1ncc2nc[nH]c2n1. The lowest BCUT2D eigenvalue weighted by Crippen LogP contribution is -2.33. The van der Waals surface area contributed by atoms with E-state index in [4.69, 9.17) is 20.4 Å². The Kier molecular flexibility index (Phi) is 4.35. The van der Waals surface area contributed by atoms with Crippen LogP contribution in [0.3, 0.4) is 0 Å². The van der Waals surface area contributed by atoms with Crippen molar-refractivity contribution in [3.05, 3.63) is 18.9 Å². The van der Waals surface area contributed by atoms with Gasteiger partial charge in [-0.05, 0) is 0 Å². The molecule has 1 fully saturated rings. The Labute approximate surface area is 107 Å². The summed E-state index contributed by atoms with van der Waals surface area (Å²) in [5.74, 6) is 0. The molecule has 0 bridgehead atoms. The molecule has 5 N–H and O–H groups in total. The molecule has 0 aliphatic carbocycles. The number of aliphatic hydroxyl groups is 4. The van der Waals surface area contributed by atoms with Gasteiger partial charge < -0.3 is 30.1 Å². The van der Waals surface area contributed by atoms with Crippen molar-refractivity contribution in [1.82, 2.24) is 19.9 Å². The third-order valence-corrected chi connectivity index (χ3v) is 2.61. The van der Waals surface area contributed by atoms with Gasteiger partial charge in [-0.15, -0.1) is 0 Å². The van der Waals surface area contributed by atoms with Crippen molar-refractivity contribution < 1.29 is 25.2 Å². The van der Waals surface area contributed by atoms with Gasteiger partial charge in [0.05, 0.1) is 19.1 Å². The molecule has 0 amide bonds. The number of aromatic amines is 1. The molecule has 9 heteroatoms. The summed E-state index contributed by atoms with van der Waals surface area (Å²) in [6.45, 7) is -0.407. The number of hydrogen-bond donors (Lipinski definition) is 5. The van der Waals surface area contributed by atoms with E-state index in [2.05, 4.69) is 24.7 Å². The van der Waals surface area contributed by atoms with Gasteiger partial charge in [0.1, 0.15) is 30.2 Å². The minimum Gasteiger partial charge on any atom is -0.394 e. The molecule has 1 aliphatic heterocycles. The predicted molar refractivity (Wildman–Crippen MR) is 61.7 cm³/mol. The van der Waals surface area contributed by atoms with Crippen molar-refractivity contribution in [3.63, 3.8) is 0 Å². The molecule has 3 heterocycles. The van der Waals surface area contributed by atoms with Gasteiger partial charge in [0.2, 0.25) is 0 Å². The van der Waals surface area contributed by atoms with Crippen molar-refractivity contribution in [2.24, 2.45) is 0 Å². The van der Waals surface area contributed by atoms with E-state index in [1.807, 2.05) is 0 Å². The first kappa shape index (κ1) is 13.8. The van der Waals surface area contributed by atoms with E-state index in [1.165, 1.54) is 6.33 Å². The van der Waals surface area contributed by atoms with Crippen LogP contribution < -0.4 is 0 Å². The Morgan fingerprint density at radius 3 is 2.53 bits per heavy atom. The van der Waals surface area contributed by atoms with Crippen LogP contribution in [-0.4, -0.2) is 71.6 Å². The van der Waals surface area contributed by atoms with Gasteiger partial charge in [-0.25, -0.2) is 15.0 Å². The number of aromatic nitrogens is 4. The first-order valence-corrected chi connectivity index (χ1v) is 5.53. The lowest BCUT2D eigenvalue weighted by atomic mass is 10.1. The molecular weight excluding hydrogens is 256 g/mol. The molecule has 0 saturated carbocycles. The van der Waals surface area contributed by atoms with Gasteiger partial charge in [-0.1, -0.05) is 0 Å². The zero-order chi connectivity index (χ0) is 13.8. The third-order valence-electron chi connectivity index (χ3n) is 2.61. The number of ether oxygens (including phenoxy) is 1. The fourth-order valence-electron chi connectivity index (χ4n) is 1.57. The van der Waals surface area contributed by atoms with E-state index in [9.17, 15) is 0 Å². The van der Waals surface area contributed by atoms with Crippen molar-refractivity contribution in [1.29, 1.82) is 0 Å². The molecule has 2 aromatic heterocycles. The van der Waals surface area contributed by atoms with Gasteiger partial charge in [-0.2, -0.15) is 0 Å². The molecule has 3 rings (SSSR count). The molecule has 19 heavy (non-hydrogen) atoms. The van der Waals surface area contributed by atoms with Crippen molar-refractivity contribution >= 4 is 11.2 Å². The standard InChI is InChI=1S/C5H4N4.C5H10O5/c1-4-5(8-2-6-1)9-3-7-4;6-1-2-3(7)4(8)5(9)10-2/h1-3H,(H,6,7,8,9);2-9H,1H2/t;2-,3-,4-,5?/m.1/s1. The van der Waals surface area contributed by atoms with Crippen LogP contribution in [0, 0.1) is 0 Å². The summed E-state index contributed by atoms with van der Waals surface area (Å²) in [6.07, 6.45) is -0.00657. The topological polar surface area (TPSA) is 145 Å². The molecule has 9 nitrogen and oxygen atoms in total. The third kappa shape index (κ3) is 3.03. The predicted octanol–water partition coefficient (Wildman–Crippen LogP) is -2.23. The molecule has 0 radical (unpaired) electrons. The normalized spacial score (nSPS) is 30.1. The minimum atomic E-state index is -1.38. The van der Waals surface area contributed by atoms with Gasteiger partial charge >= 0.3 is 0 Å². The molecule has 1 saturated heterocycles. The average Bonchev–Trinajstić information content (AvgIpc) is 3.00. The van der Waals surface area contributed by atoms with E-state index in [0.29, 0.717) is 0 Å². The first-order chi connectivity index (χ1) is 9.13. The number of nitrogens with one attached hydrogen (secondary N) is 1. The Bertz CT molecular complexity index is 491. The second kappa shape index (κ2) is 5.99. The van der Waals surface area contributed by atoms with Crippen molar-refractivity contribution in [2.45, 2.75) is 24.6 Å². The summed E-state index contributed by atoms with van der Waals surface area (Å²) >= 11 is 0. The zero-order valence-electron chi connectivity index (χ0n) is 9.79. The van der Waals surface area contributed by atoms with Gasteiger partial charge in [0.15, 0.2) is 11.9 Å². The van der Waals surface area contributed by atoms with E-state index < -0.39 is 31.2 Å². The second-order valence-corrected chi connectivity index (χ2v) is 3.89. The quantitative estimate of drug-likeness (QED) is 0.391. The largest absolute Gasteiger partial charge is 0.394 e. The van der Waals surface area contributed by atoms with Crippen LogP contribution in [0.5, 0.6) is 0 Å². The minimum absolute atomic E-state index is 0.407. The van der Waals surface area contributed by atoms with Crippen LogP contribution >= 0.6 is 0 Å². The van der Waals surface area contributed by atoms with Crippen LogP contribution in [0.4, 0.5) is 0 Å². The van der Waals surface area contributed by atoms with Gasteiger partial charge in [0, 0.05) is 0 Å². The maximum absolute atomic E-state index is 8.93. The van der Waals surface area contributed by atoms with E-state index in [1.54, 1.807) is 12.5 Å². The molecule has 4 atom stereocenters. The highest BCUT2D eigenvalue weighted by Crippen LogP contribution is 2.18. The summed E-state index contributed by atoms with van der Waals surface area (Å²) in [6, 6.07) is 0. The highest BCUT2D eigenvalue weighted by molar-refractivity contribution is 5.67. The maximum atomic E-state index is 8.93. The molecular formula is C10H14N4O5. The lowest BCUT2D eigenvalue weighted by molar-refractivity contribution is -0.132. The summed E-state index contributed by atoms with van der Waals surface area (Å²) in [5.41, 5.74) is 1.59. The molecule has 0 spiro atoms. The van der Waals surface area contributed by atoms with E-state index in [0.717, 1.165) is 11.2 Å². The van der Waals surface area contributed by atoms with Crippen LogP contribution in [0.15, 0.2) is 18.9 Å². The average molecular weight is 270 g/mol. The fraction of sp³-hybridized carbons (Fsp3) is 0.500. The fourth-order valence-corrected chi connectivity index (χ4v) is 1.57. The Hall–Kier alpha value is -1.65. The van der Waals surface area contributed by atoms with Crippen LogP contribution in [-0.2, 0) is 4.74 Å². The van der Waals surface area contributed by atoms with Crippen LogP contribution in [0.2, 0.25) is 0 Å². The van der Waals surface area contributed by atoms with Crippen molar-refractivity contribution in [3.8, 4) is 0 Å². The van der Waals surface area contributed by atoms with Crippen LogP contribution in [0.25, 0.3) is 11.2 Å². The highest BCUT2D eigenvalue weighted by atomic mass is 16.6. The number of aliphatic hydroxyl groups excluding tert-OH is 4. The summed E-state index contributed by atoms with van der Waals surface area (Å²) < 4.78 is 4.54. The second-order valence-electron chi connectivity index (χ2n) is 3.89. The highest BCUT2D eigenvalue weighted by Gasteiger charge is 2.41. The summed E-state index contributed by atoms with van der Waals surface area (Å²) in [4.78, 5) is 14.5. The Morgan fingerprint density at radius 1 is 1.21 bits per heavy atom. The number of nitrogens with zero attached hydrogens (tertiary/aromatic N) is 3. The molecule has 1 unspecified atom stereocenters. The molecule has 104 valence electrons. The first-order valence-electron chi connectivity index (χ1n) is 5.53. The number of H-pyrrole nitrogens is 1. The van der Waals surface area contributed by atoms with Crippen LogP contribution in [0.1, 0.15) is 0 Å². The molecule has 2 aromatic rings. The van der Waals surface area contributed by atoms with Crippen molar-refractivity contribution in [2.75, 3.05) is 6.61 Å². The molecule has 1 aliphatic rings. The number of rotatable bonds is 1. The lowest BCUT2D eigenvalue weighted by Gasteiger charge is -2.09. The number of fused-ring (bicyclic) bond motifs is 1. The Morgan fingerprint density at radius 2 is 2.00 bits per heavy atom. The zero-order valence-corrected chi connectivity index (χ0v) is 9.79.